The Bertz CT molecular complexity index is 1490. The van der Waals surface area contributed by atoms with Crippen LogP contribution >= 0.6 is 0 Å². The summed E-state index contributed by atoms with van der Waals surface area (Å²) in [5.74, 6) is 0.672. The molecule has 186 valence electrons. The van der Waals surface area contributed by atoms with Gasteiger partial charge in [0.2, 0.25) is 15.9 Å². The van der Waals surface area contributed by atoms with Crippen LogP contribution in [0.25, 0.3) is 16.9 Å². The molecule has 1 aliphatic rings. The number of pyridine rings is 1. The molecule has 0 bridgehead atoms. The molecule has 1 aliphatic heterocycles. The summed E-state index contributed by atoms with van der Waals surface area (Å²) in [6.07, 6.45) is 1.77. The Balaban J connectivity index is 1.31. The van der Waals surface area contributed by atoms with Crippen LogP contribution in [0, 0.1) is 6.92 Å². The van der Waals surface area contributed by atoms with Gasteiger partial charge in [-0.2, -0.15) is 4.31 Å². The Morgan fingerprint density at radius 3 is 2.33 bits per heavy atom. The van der Waals surface area contributed by atoms with Crippen molar-refractivity contribution in [3.8, 4) is 5.69 Å². The molecule has 0 aliphatic carbocycles. The number of nitrogens with one attached hydrogen (secondary N) is 1. The fourth-order valence-corrected chi connectivity index (χ4v) is 5.84. The number of benzene rings is 2. The number of sulfonamides is 1. The molecule has 0 saturated carbocycles. The topological polar surface area (TPSA) is 100 Å². The molecule has 4 aromatic rings. The van der Waals surface area contributed by atoms with Crippen LogP contribution in [-0.2, 0) is 21.4 Å². The maximum absolute atomic E-state index is 13.2. The summed E-state index contributed by atoms with van der Waals surface area (Å²) in [5.41, 5.74) is 4.38. The van der Waals surface area contributed by atoms with Gasteiger partial charge in [0.05, 0.1) is 11.4 Å². The standard InChI is InChI=1S/C26H28N6O3S/c1-19-5-9-22(10-6-19)32-25(29-24-4-3-13-27-26(24)32)18-30-14-16-31(17-15-30)36(34,35)23-11-7-21(8-12-23)28-20(2)33/h3-13H,14-18H2,1-2H3,(H,28,33). The molecule has 10 heteroatoms. The van der Waals surface area contributed by atoms with Gasteiger partial charge in [0, 0.05) is 50.7 Å². The number of hydrogen-bond acceptors (Lipinski definition) is 6. The molecule has 5 rings (SSSR count). The number of aryl methyl sites for hydroxylation is 1. The molecule has 9 nitrogen and oxygen atoms in total. The third-order valence-electron chi connectivity index (χ3n) is 6.29. The SMILES string of the molecule is CC(=O)Nc1ccc(S(=O)(=O)N2CCN(Cc3nc4cccnc4n3-c3ccc(C)cc3)CC2)cc1. The molecule has 1 N–H and O–H groups in total. The summed E-state index contributed by atoms with van der Waals surface area (Å²) < 4.78 is 29.9. The van der Waals surface area contributed by atoms with E-state index in [0.717, 1.165) is 22.7 Å². The number of imidazole rings is 1. The molecular formula is C26H28N6O3S. The molecular weight excluding hydrogens is 476 g/mol. The van der Waals surface area contributed by atoms with Gasteiger partial charge in [0.15, 0.2) is 5.65 Å². The van der Waals surface area contributed by atoms with Crippen molar-refractivity contribution in [1.82, 2.24) is 23.7 Å². The maximum atomic E-state index is 13.2. The first kappa shape index (κ1) is 24.1. The van der Waals surface area contributed by atoms with E-state index in [9.17, 15) is 13.2 Å². The summed E-state index contributed by atoms with van der Waals surface area (Å²) in [6, 6.07) is 18.4. The smallest absolute Gasteiger partial charge is 0.243 e. The van der Waals surface area contributed by atoms with Crippen LogP contribution in [0.5, 0.6) is 0 Å². The Morgan fingerprint density at radius 2 is 1.67 bits per heavy atom. The summed E-state index contributed by atoms with van der Waals surface area (Å²) in [6.45, 7) is 6.01. The van der Waals surface area contributed by atoms with Crippen LogP contribution in [0.2, 0.25) is 0 Å². The predicted octanol–water partition coefficient (Wildman–Crippen LogP) is 3.19. The van der Waals surface area contributed by atoms with Gasteiger partial charge in [0.1, 0.15) is 11.3 Å². The van der Waals surface area contributed by atoms with Crippen molar-refractivity contribution in [3.63, 3.8) is 0 Å². The molecule has 1 amide bonds. The second kappa shape index (κ2) is 9.81. The minimum absolute atomic E-state index is 0.201. The van der Waals surface area contributed by atoms with E-state index in [1.807, 2.05) is 12.1 Å². The molecule has 1 saturated heterocycles. The van der Waals surface area contributed by atoms with Crippen LogP contribution in [0.15, 0.2) is 71.8 Å². The molecule has 36 heavy (non-hydrogen) atoms. The van der Waals surface area contributed by atoms with Crippen molar-refractivity contribution in [2.45, 2.75) is 25.3 Å². The average Bonchev–Trinajstić information content (AvgIpc) is 3.22. The van der Waals surface area contributed by atoms with E-state index in [4.69, 9.17) is 4.98 Å². The largest absolute Gasteiger partial charge is 0.326 e. The third-order valence-corrected chi connectivity index (χ3v) is 8.20. The lowest BCUT2D eigenvalue weighted by Gasteiger charge is -2.33. The predicted molar refractivity (Wildman–Crippen MR) is 138 cm³/mol. The number of aromatic nitrogens is 3. The first-order valence-electron chi connectivity index (χ1n) is 11.8. The van der Waals surface area contributed by atoms with E-state index in [1.54, 1.807) is 18.3 Å². The normalized spacial score (nSPS) is 15.3. The number of anilines is 1. The van der Waals surface area contributed by atoms with Crippen LogP contribution < -0.4 is 5.32 Å². The van der Waals surface area contributed by atoms with Gasteiger partial charge in [-0.05, 0) is 55.5 Å². The highest BCUT2D eigenvalue weighted by Crippen LogP contribution is 2.23. The number of hydrogen-bond donors (Lipinski definition) is 1. The van der Waals surface area contributed by atoms with Crippen molar-refractivity contribution in [1.29, 1.82) is 0 Å². The van der Waals surface area contributed by atoms with E-state index in [0.29, 0.717) is 38.4 Å². The average molecular weight is 505 g/mol. The lowest BCUT2D eigenvalue weighted by molar-refractivity contribution is -0.114. The molecule has 0 spiro atoms. The quantitative estimate of drug-likeness (QED) is 0.433. The Kier molecular flexibility index (Phi) is 6.57. The molecule has 3 heterocycles. The highest BCUT2D eigenvalue weighted by Gasteiger charge is 2.29. The van der Waals surface area contributed by atoms with E-state index in [-0.39, 0.29) is 10.8 Å². The fourth-order valence-electron chi connectivity index (χ4n) is 4.42. The Labute approximate surface area is 210 Å². The monoisotopic (exact) mass is 504 g/mol. The van der Waals surface area contributed by atoms with Crippen molar-refractivity contribution < 1.29 is 13.2 Å². The van der Waals surface area contributed by atoms with E-state index in [2.05, 4.69) is 51.0 Å². The summed E-state index contributed by atoms with van der Waals surface area (Å²) in [4.78, 5) is 23.1. The fraction of sp³-hybridized carbons (Fsp3) is 0.269. The number of nitrogens with zero attached hydrogens (tertiary/aromatic N) is 5. The molecule has 0 radical (unpaired) electrons. The Morgan fingerprint density at radius 1 is 0.972 bits per heavy atom. The minimum Gasteiger partial charge on any atom is -0.326 e. The van der Waals surface area contributed by atoms with Gasteiger partial charge in [-0.1, -0.05) is 17.7 Å². The number of carbonyl (C=O) groups is 1. The van der Waals surface area contributed by atoms with Crippen molar-refractivity contribution >= 4 is 32.8 Å². The summed E-state index contributed by atoms with van der Waals surface area (Å²) in [5, 5.41) is 2.65. The number of carbonyl (C=O) groups excluding carboxylic acids is 1. The van der Waals surface area contributed by atoms with Gasteiger partial charge in [-0.25, -0.2) is 18.4 Å². The van der Waals surface area contributed by atoms with Crippen molar-refractivity contribution in [2.24, 2.45) is 0 Å². The molecule has 0 atom stereocenters. The van der Waals surface area contributed by atoms with E-state index in [1.165, 1.54) is 28.9 Å². The molecule has 0 unspecified atom stereocenters. The zero-order valence-electron chi connectivity index (χ0n) is 20.3. The van der Waals surface area contributed by atoms with Crippen molar-refractivity contribution in [3.05, 3.63) is 78.2 Å². The lowest BCUT2D eigenvalue weighted by Crippen LogP contribution is -2.48. The van der Waals surface area contributed by atoms with Gasteiger partial charge >= 0.3 is 0 Å². The van der Waals surface area contributed by atoms with Gasteiger partial charge < -0.3 is 5.32 Å². The molecule has 2 aromatic carbocycles. The van der Waals surface area contributed by atoms with Gasteiger partial charge in [-0.3, -0.25) is 14.3 Å². The second-order valence-electron chi connectivity index (χ2n) is 8.93. The highest BCUT2D eigenvalue weighted by molar-refractivity contribution is 7.89. The lowest BCUT2D eigenvalue weighted by atomic mass is 10.2. The number of piperazine rings is 1. The number of amides is 1. The van der Waals surface area contributed by atoms with Crippen LogP contribution in [0.3, 0.4) is 0 Å². The van der Waals surface area contributed by atoms with Gasteiger partial charge in [0.25, 0.3) is 0 Å². The summed E-state index contributed by atoms with van der Waals surface area (Å²) >= 11 is 0. The van der Waals surface area contributed by atoms with E-state index < -0.39 is 10.0 Å². The van der Waals surface area contributed by atoms with E-state index >= 15 is 0 Å². The maximum Gasteiger partial charge on any atom is 0.243 e. The second-order valence-corrected chi connectivity index (χ2v) is 10.9. The molecule has 2 aromatic heterocycles. The van der Waals surface area contributed by atoms with Crippen LogP contribution in [-0.4, -0.2) is 64.2 Å². The minimum atomic E-state index is -3.62. The first-order chi connectivity index (χ1) is 17.3. The van der Waals surface area contributed by atoms with Crippen LogP contribution in [0.4, 0.5) is 5.69 Å². The zero-order chi connectivity index (χ0) is 25.3. The highest BCUT2D eigenvalue weighted by atomic mass is 32.2. The Hall–Kier alpha value is -3.60. The molecule has 1 fully saturated rings. The number of rotatable bonds is 6. The third kappa shape index (κ3) is 4.88. The van der Waals surface area contributed by atoms with Gasteiger partial charge in [-0.15, -0.1) is 0 Å². The zero-order valence-corrected chi connectivity index (χ0v) is 21.1. The summed E-state index contributed by atoms with van der Waals surface area (Å²) in [7, 11) is -3.62. The number of fused-ring (bicyclic) bond motifs is 1. The first-order valence-corrected chi connectivity index (χ1v) is 13.2. The van der Waals surface area contributed by atoms with Crippen molar-refractivity contribution in [2.75, 3.05) is 31.5 Å². The van der Waals surface area contributed by atoms with Crippen LogP contribution in [0.1, 0.15) is 18.3 Å².